The van der Waals surface area contributed by atoms with Crippen molar-refractivity contribution in [1.29, 1.82) is 0 Å². The number of aliphatic hydroxyl groups is 1. The summed E-state index contributed by atoms with van der Waals surface area (Å²) in [6.45, 7) is 3.98. The fraction of sp³-hybridized carbons (Fsp3) is 0.385. The molecule has 0 fully saturated rings. The van der Waals surface area contributed by atoms with Crippen LogP contribution in [0.5, 0.6) is 5.75 Å². The van der Waals surface area contributed by atoms with Crippen LogP contribution in [0, 0.1) is 6.92 Å². The summed E-state index contributed by atoms with van der Waals surface area (Å²) in [5.41, 5.74) is 0.835. The molecule has 0 saturated heterocycles. The van der Waals surface area contributed by atoms with E-state index in [1.54, 1.807) is 6.92 Å². The second-order valence-electron chi connectivity index (χ2n) is 4.26. The van der Waals surface area contributed by atoms with Crippen LogP contribution in [0.25, 0.3) is 0 Å². The molecule has 0 unspecified atom stereocenters. The Labute approximate surface area is 106 Å². The normalized spacial score (nSPS) is 12.4. The highest BCUT2D eigenvalue weighted by Crippen LogP contribution is 2.19. The van der Waals surface area contributed by atoms with Gasteiger partial charge in [-0.1, -0.05) is 12.1 Å². The molecule has 96 valence electrons. The van der Waals surface area contributed by atoms with E-state index in [0.29, 0.717) is 12.4 Å². The van der Waals surface area contributed by atoms with E-state index in [0.717, 1.165) is 17.2 Å². The highest BCUT2D eigenvalue weighted by Gasteiger charge is 2.06. The Balaban J connectivity index is 2.06. The molecule has 5 nitrogen and oxygen atoms in total. The van der Waals surface area contributed by atoms with Crippen LogP contribution in [0.15, 0.2) is 24.3 Å². The van der Waals surface area contributed by atoms with E-state index >= 15 is 0 Å². The van der Waals surface area contributed by atoms with E-state index in [-0.39, 0.29) is 0 Å². The first kappa shape index (κ1) is 12.6. The zero-order chi connectivity index (χ0) is 13.1. The Morgan fingerprint density at radius 3 is 2.78 bits per heavy atom. The molecule has 18 heavy (non-hydrogen) atoms. The van der Waals surface area contributed by atoms with Gasteiger partial charge in [0.2, 0.25) is 0 Å². The van der Waals surface area contributed by atoms with Gasteiger partial charge >= 0.3 is 0 Å². The highest BCUT2D eigenvalue weighted by molar-refractivity contribution is 5.29. The van der Waals surface area contributed by atoms with Crippen molar-refractivity contribution in [2.75, 3.05) is 0 Å². The van der Waals surface area contributed by atoms with Crippen LogP contribution < -0.4 is 4.74 Å². The minimum Gasteiger partial charge on any atom is -0.486 e. The summed E-state index contributed by atoms with van der Waals surface area (Å²) in [5.74, 6) is 2.34. The molecule has 1 N–H and O–H groups in total. The van der Waals surface area contributed by atoms with Gasteiger partial charge in [0, 0.05) is 7.05 Å². The average Bonchev–Trinajstić information content (AvgIpc) is 2.68. The average molecular weight is 247 g/mol. The molecule has 5 heteroatoms. The van der Waals surface area contributed by atoms with Crippen molar-refractivity contribution in [3.63, 3.8) is 0 Å². The summed E-state index contributed by atoms with van der Waals surface area (Å²) in [5, 5.41) is 17.5. The smallest absolute Gasteiger partial charge is 0.170 e. The fourth-order valence-corrected chi connectivity index (χ4v) is 1.59. The first-order valence-electron chi connectivity index (χ1n) is 5.83. The van der Waals surface area contributed by atoms with E-state index in [2.05, 4.69) is 10.2 Å². The largest absolute Gasteiger partial charge is 0.486 e. The number of rotatable bonds is 4. The lowest BCUT2D eigenvalue weighted by Gasteiger charge is -2.09. The summed E-state index contributed by atoms with van der Waals surface area (Å²) in [4.78, 5) is 0. The zero-order valence-electron chi connectivity index (χ0n) is 10.8. The van der Waals surface area contributed by atoms with Gasteiger partial charge in [-0.15, -0.1) is 10.2 Å². The Morgan fingerprint density at radius 1 is 1.39 bits per heavy atom. The molecule has 1 heterocycles. The summed E-state index contributed by atoms with van der Waals surface area (Å²) >= 11 is 0. The summed E-state index contributed by atoms with van der Waals surface area (Å²) in [6.07, 6.45) is -0.495. The number of aromatic nitrogens is 3. The minimum atomic E-state index is -0.495. The molecule has 1 aromatic heterocycles. The van der Waals surface area contributed by atoms with Crippen molar-refractivity contribution in [2.24, 2.45) is 7.05 Å². The quantitative estimate of drug-likeness (QED) is 0.894. The Bertz CT molecular complexity index is 535. The van der Waals surface area contributed by atoms with Crippen LogP contribution in [0.1, 0.15) is 30.2 Å². The van der Waals surface area contributed by atoms with Gasteiger partial charge in [-0.3, -0.25) is 0 Å². The van der Waals surface area contributed by atoms with Gasteiger partial charge in [-0.05, 0) is 31.5 Å². The van der Waals surface area contributed by atoms with Gasteiger partial charge < -0.3 is 14.4 Å². The van der Waals surface area contributed by atoms with E-state index in [1.807, 2.05) is 42.8 Å². The lowest BCUT2D eigenvalue weighted by atomic mass is 10.1. The maximum atomic E-state index is 9.50. The predicted molar refractivity (Wildman–Crippen MR) is 67.1 cm³/mol. The van der Waals surface area contributed by atoms with Gasteiger partial charge in [-0.2, -0.15) is 0 Å². The number of hydrogen-bond donors (Lipinski definition) is 1. The Morgan fingerprint density at radius 2 is 2.17 bits per heavy atom. The number of ether oxygens (including phenoxy) is 1. The molecule has 0 radical (unpaired) electrons. The molecular formula is C13H17N3O2. The maximum absolute atomic E-state index is 9.50. The lowest BCUT2D eigenvalue weighted by Crippen LogP contribution is -2.04. The molecule has 0 bridgehead atoms. The molecule has 0 spiro atoms. The van der Waals surface area contributed by atoms with Crippen molar-refractivity contribution in [1.82, 2.24) is 14.8 Å². The van der Waals surface area contributed by atoms with Crippen LogP contribution >= 0.6 is 0 Å². The molecule has 0 aliphatic carbocycles. The second-order valence-corrected chi connectivity index (χ2v) is 4.26. The second kappa shape index (κ2) is 5.18. The fourth-order valence-electron chi connectivity index (χ4n) is 1.59. The van der Waals surface area contributed by atoms with Gasteiger partial charge in [-0.25, -0.2) is 0 Å². The van der Waals surface area contributed by atoms with Crippen LogP contribution in [0.4, 0.5) is 0 Å². The van der Waals surface area contributed by atoms with Gasteiger partial charge in [0.25, 0.3) is 0 Å². The molecule has 1 atom stereocenters. The molecule has 1 aromatic carbocycles. The standard InChI is InChI=1S/C13H17N3O2/c1-9(17)11-5-4-6-12(7-11)18-8-13-15-14-10(2)16(13)3/h4-7,9,17H,8H2,1-3H3/t9-/m1/s1. The summed E-state index contributed by atoms with van der Waals surface area (Å²) in [6, 6.07) is 7.41. The number of aliphatic hydroxyl groups excluding tert-OH is 1. The van der Waals surface area contributed by atoms with Crippen LogP contribution in [-0.2, 0) is 13.7 Å². The molecule has 0 aliphatic heterocycles. The molecular weight excluding hydrogens is 230 g/mol. The number of aryl methyl sites for hydroxylation is 1. The topological polar surface area (TPSA) is 60.2 Å². The SMILES string of the molecule is Cc1nnc(COc2cccc([C@@H](C)O)c2)n1C. The van der Waals surface area contributed by atoms with Crippen molar-refractivity contribution in [3.8, 4) is 5.75 Å². The summed E-state index contributed by atoms with van der Waals surface area (Å²) in [7, 11) is 1.90. The molecule has 0 amide bonds. The third kappa shape index (κ3) is 2.68. The molecule has 2 aromatic rings. The van der Waals surface area contributed by atoms with Gasteiger partial charge in [0.1, 0.15) is 18.2 Å². The number of nitrogens with zero attached hydrogens (tertiary/aromatic N) is 3. The van der Waals surface area contributed by atoms with Crippen molar-refractivity contribution in [3.05, 3.63) is 41.5 Å². The summed E-state index contributed by atoms with van der Waals surface area (Å²) < 4.78 is 7.53. The van der Waals surface area contributed by atoms with Crippen LogP contribution in [-0.4, -0.2) is 19.9 Å². The van der Waals surface area contributed by atoms with Crippen molar-refractivity contribution in [2.45, 2.75) is 26.6 Å². The first-order chi connectivity index (χ1) is 8.58. The van der Waals surface area contributed by atoms with Gasteiger partial charge in [0.05, 0.1) is 6.10 Å². The molecule has 0 aliphatic rings. The van der Waals surface area contributed by atoms with Crippen molar-refractivity contribution >= 4 is 0 Å². The van der Waals surface area contributed by atoms with E-state index < -0.39 is 6.10 Å². The minimum absolute atomic E-state index is 0.362. The highest BCUT2D eigenvalue weighted by atomic mass is 16.5. The van der Waals surface area contributed by atoms with Crippen molar-refractivity contribution < 1.29 is 9.84 Å². The van der Waals surface area contributed by atoms with E-state index in [1.165, 1.54) is 0 Å². The number of benzene rings is 1. The lowest BCUT2D eigenvalue weighted by molar-refractivity contribution is 0.198. The third-order valence-corrected chi connectivity index (χ3v) is 2.89. The molecule has 2 rings (SSSR count). The predicted octanol–water partition coefficient (Wildman–Crippen LogP) is 1.76. The first-order valence-corrected chi connectivity index (χ1v) is 5.83. The van der Waals surface area contributed by atoms with Crippen LogP contribution in [0.2, 0.25) is 0 Å². The third-order valence-electron chi connectivity index (χ3n) is 2.89. The Hall–Kier alpha value is -1.88. The van der Waals surface area contributed by atoms with E-state index in [9.17, 15) is 5.11 Å². The van der Waals surface area contributed by atoms with E-state index in [4.69, 9.17) is 4.74 Å². The van der Waals surface area contributed by atoms with Crippen LogP contribution in [0.3, 0.4) is 0 Å². The zero-order valence-corrected chi connectivity index (χ0v) is 10.8. The van der Waals surface area contributed by atoms with Gasteiger partial charge in [0.15, 0.2) is 5.82 Å². The maximum Gasteiger partial charge on any atom is 0.170 e. The monoisotopic (exact) mass is 247 g/mol. The molecule has 0 saturated carbocycles. The Kier molecular flexibility index (Phi) is 3.62. The number of hydrogen-bond acceptors (Lipinski definition) is 4.